The maximum Gasteiger partial charge on any atom is 0.123 e. The third-order valence-corrected chi connectivity index (χ3v) is 5.91. The van der Waals surface area contributed by atoms with Gasteiger partial charge in [-0.05, 0) is 61.9 Å². The number of hydrogen-bond donors (Lipinski definition) is 1. The number of aliphatic hydroxyl groups excluding tert-OH is 1. The zero-order valence-electron chi connectivity index (χ0n) is 16.7. The molecule has 1 saturated heterocycles. The van der Waals surface area contributed by atoms with Gasteiger partial charge in [0.05, 0.1) is 22.9 Å². The molecule has 1 aromatic heterocycles. The van der Waals surface area contributed by atoms with Crippen LogP contribution in [0.1, 0.15) is 41.2 Å². The fourth-order valence-corrected chi connectivity index (χ4v) is 4.44. The average Bonchev–Trinajstić information content (AvgIpc) is 2.73. The summed E-state index contributed by atoms with van der Waals surface area (Å²) in [6.45, 7) is 5.61. The standard InChI is InChI=1S/C24H24FN3O/c1-15-11-16(2)22-21(12-15)23(19(13-26)14-27-22)28-9-7-18(8-10-28)24(29)17-3-5-20(25)6-4-17/h3-6,11-12,14,18,24,29H,7-10H2,1-2H3. The topological polar surface area (TPSA) is 60.2 Å². The summed E-state index contributed by atoms with van der Waals surface area (Å²) in [6.07, 6.45) is 2.67. The van der Waals surface area contributed by atoms with Gasteiger partial charge in [0, 0.05) is 24.7 Å². The van der Waals surface area contributed by atoms with Gasteiger partial charge in [0.15, 0.2) is 0 Å². The zero-order chi connectivity index (χ0) is 20.5. The minimum Gasteiger partial charge on any atom is -0.388 e. The molecule has 0 saturated carbocycles. The van der Waals surface area contributed by atoms with Crippen molar-refractivity contribution >= 4 is 16.6 Å². The van der Waals surface area contributed by atoms with Gasteiger partial charge in [-0.3, -0.25) is 4.98 Å². The van der Waals surface area contributed by atoms with E-state index in [2.05, 4.69) is 35.0 Å². The molecule has 4 rings (SSSR count). The molecule has 148 valence electrons. The van der Waals surface area contributed by atoms with E-state index in [0.717, 1.165) is 59.2 Å². The molecule has 2 heterocycles. The van der Waals surface area contributed by atoms with Crippen molar-refractivity contribution in [3.05, 3.63) is 70.7 Å². The normalized spacial score (nSPS) is 16.0. The number of piperidine rings is 1. The van der Waals surface area contributed by atoms with Gasteiger partial charge >= 0.3 is 0 Å². The van der Waals surface area contributed by atoms with Crippen molar-refractivity contribution in [2.45, 2.75) is 32.8 Å². The van der Waals surface area contributed by atoms with Gasteiger partial charge in [0.1, 0.15) is 11.9 Å². The Balaban J connectivity index is 1.61. The quantitative estimate of drug-likeness (QED) is 0.698. The molecule has 1 aliphatic heterocycles. The highest BCUT2D eigenvalue weighted by Gasteiger charge is 2.28. The second kappa shape index (κ2) is 7.81. The summed E-state index contributed by atoms with van der Waals surface area (Å²) < 4.78 is 13.2. The Labute approximate surface area is 170 Å². The molecule has 1 unspecified atom stereocenters. The van der Waals surface area contributed by atoms with Crippen molar-refractivity contribution in [2.75, 3.05) is 18.0 Å². The van der Waals surface area contributed by atoms with Crippen molar-refractivity contribution in [1.82, 2.24) is 4.98 Å². The van der Waals surface area contributed by atoms with Crippen LogP contribution in [0, 0.1) is 36.9 Å². The Bertz CT molecular complexity index is 1080. The number of nitriles is 1. The molecule has 0 amide bonds. The van der Waals surface area contributed by atoms with E-state index in [9.17, 15) is 14.8 Å². The average molecular weight is 389 g/mol. The number of aryl methyl sites for hydroxylation is 2. The number of anilines is 1. The third-order valence-electron chi connectivity index (χ3n) is 5.91. The van der Waals surface area contributed by atoms with E-state index in [1.165, 1.54) is 12.1 Å². The first-order valence-corrected chi connectivity index (χ1v) is 9.96. The van der Waals surface area contributed by atoms with Crippen LogP contribution in [0.3, 0.4) is 0 Å². The van der Waals surface area contributed by atoms with E-state index in [1.54, 1.807) is 18.3 Å². The molecule has 0 radical (unpaired) electrons. The van der Waals surface area contributed by atoms with Gasteiger partial charge in [0.25, 0.3) is 0 Å². The molecule has 29 heavy (non-hydrogen) atoms. The van der Waals surface area contributed by atoms with Crippen molar-refractivity contribution < 1.29 is 9.50 Å². The molecular weight excluding hydrogens is 365 g/mol. The lowest BCUT2D eigenvalue weighted by Crippen LogP contribution is -2.36. The molecular formula is C24H24FN3O. The number of fused-ring (bicyclic) bond motifs is 1. The number of halogens is 1. The maximum absolute atomic E-state index is 13.2. The SMILES string of the molecule is Cc1cc(C)c2ncc(C#N)c(N3CCC(C(O)c4ccc(F)cc4)CC3)c2c1. The largest absolute Gasteiger partial charge is 0.388 e. The summed E-state index contributed by atoms with van der Waals surface area (Å²) in [5.41, 5.74) is 5.46. The molecule has 2 aromatic carbocycles. The summed E-state index contributed by atoms with van der Waals surface area (Å²) in [5.74, 6) is -0.186. The first-order valence-electron chi connectivity index (χ1n) is 9.96. The van der Waals surface area contributed by atoms with Crippen LogP contribution in [0.4, 0.5) is 10.1 Å². The van der Waals surface area contributed by atoms with Gasteiger partial charge in [0.2, 0.25) is 0 Å². The lowest BCUT2D eigenvalue weighted by atomic mass is 9.87. The van der Waals surface area contributed by atoms with Crippen LogP contribution in [-0.4, -0.2) is 23.2 Å². The molecule has 5 heteroatoms. The van der Waals surface area contributed by atoms with Crippen LogP contribution in [0.5, 0.6) is 0 Å². The van der Waals surface area contributed by atoms with Crippen LogP contribution in [0.15, 0.2) is 42.6 Å². The van der Waals surface area contributed by atoms with Crippen LogP contribution in [-0.2, 0) is 0 Å². The number of aromatic nitrogens is 1. The van der Waals surface area contributed by atoms with E-state index >= 15 is 0 Å². The lowest BCUT2D eigenvalue weighted by Gasteiger charge is -2.36. The third kappa shape index (κ3) is 3.68. The second-order valence-corrected chi connectivity index (χ2v) is 7.93. The molecule has 0 spiro atoms. The minimum atomic E-state index is -0.605. The molecule has 0 aliphatic carbocycles. The van der Waals surface area contributed by atoms with Gasteiger partial charge in [-0.15, -0.1) is 0 Å². The molecule has 1 N–H and O–H groups in total. The smallest absolute Gasteiger partial charge is 0.123 e. The van der Waals surface area contributed by atoms with E-state index in [4.69, 9.17) is 0 Å². The first-order chi connectivity index (χ1) is 14.0. The molecule has 1 aliphatic rings. The highest BCUT2D eigenvalue weighted by molar-refractivity contribution is 5.96. The zero-order valence-corrected chi connectivity index (χ0v) is 16.7. The molecule has 4 nitrogen and oxygen atoms in total. The van der Waals surface area contributed by atoms with Gasteiger partial charge in [-0.25, -0.2) is 4.39 Å². The van der Waals surface area contributed by atoms with Crippen LogP contribution < -0.4 is 4.90 Å². The van der Waals surface area contributed by atoms with E-state index < -0.39 is 6.10 Å². The number of pyridine rings is 1. The van der Waals surface area contributed by atoms with Gasteiger partial charge in [-0.2, -0.15) is 5.26 Å². The first kappa shape index (κ1) is 19.4. The number of benzene rings is 2. The van der Waals surface area contributed by atoms with Crippen molar-refractivity contribution in [2.24, 2.45) is 5.92 Å². The Kier molecular flexibility index (Phi) is 5.21. The van der Waals surface area contributed by atoms with Crippen molar-refractivity contribution in [3.63, 3.8) is 0 Å². The van der Waals surface area contributed by atoms with E-state index in [0.29, 0.717) is 5.56 Å². The second-order valence-electron chi connectivity index (χ2n) is 7.93. The monoisotopic (exact) mass is 389 g/mol. The summed E-state index contributed by atoms with van der Waals surface area (Å²) in [7, 11) is 0. The summed E-state index contributed by atoms with van der Waals surface area (Å²) in [6, 6.07) is 12.6. The molecule has 3 aromatic rings. The summed E-state index contributed by atoms with van der Waals surface area (Å²) in [4.78, 5) is 6.76. The number of aliphatic hydroxyl groups is 1. The number of rotatable bonds is 3. The molecule has 0 bridgehead atoms. The van der Waals surface area contributed by atoms with Gasteiger partial charge < -0.3 is 10.0 Å². The highest BCUT2D eigenvalue weighted by atomic mass is 19.1. The number of nitrogens with zero attached hydrogens (tertiary/aromatic N) is 3. The Morgan fingerprint density at radius 2 is 1.86 bits per heavy atom. The van der Waals surface area contributed by atoms with Gasteiger partial charge in [-0.1, -0.05) is 23.8 Å². The van der Waals surface area contributed by atoms with E-state index in [1.807, 2.05) is 6.92 Å². The lowest BCUT2D eigenvalue weighted by molar-refractivity contribution is 0.0929. The summed E-state index contributed by atoms with van der Waals surface area (Å²) >= 11 is 0. The predicted molar refractivity (Wildman–Crippen MR) is 112 cm³/mol. The number of hydrogen-bond acceptors (Lipinski definition) is 4. The molecule has 1 atom stereocenters. The van der Waals surface area contributed by atoms with Crippen LogP contribution in [0.25, 0.3) is 10.9 Å². The highest BCUT2D eigenvalue weighted by Crippen LogP contribution is 2.37. The Hall–Kier alpha value is -2.97. The van der Waals surface area contributed by atoms with Crippen molar-refractivity contribution in [1.29, 1.82) is 5.26 Å². The molecule has 1 fully saturated rings. The fraction of sp³-hybridized carbons (Fsp3) is 0.333. The Morgan fingerprint density at radius 1 is 1.17 bits per heavy atom. The minimum absolute atomic E-state index is 0.110. The van der Waals surface area contributed by atoms with E-state index in [-0.39, 0.29) is 11.7 Å². The van der Waals surface area contributed by atoms with Crippen molar-refractivity contribution in [3.8, 4) is 6.07 Å². The van der Waals surface area contributed by atoms with Crippen LogP contribution in [0.2, 0.25) is 0 Å². The summed E-state index contributed by atoms with van der Waals surface area (Å²) in [5, 5.41) is 21.4. The fourth-order valence-electron chi connectivity index (χ4n) is 4.44. The predicted octanol–water partition coefficient (Wildman–Crippen LogP) is 4.81. The maximum atomic E-state index is 13.2. The Morgan fingerprint density at radius 3 is 2.52 bits per heavy atom. The van der Waals surface area contributed by atoms with Crippen LogP contribution >= 0.6 is 0 Å².